The Morgan fingerprint density at radius 2 is 2.57 bits per heavy atom. The molecule has 0 radical (unpaired) electrons. The molecule has 0 saturated heterocycles. The highest BCUT2D eigenvalue weighted by molar-refractivity contribution is 7.12. The fraction of sp³-hybridized carbons (Fsp3) is 0. The van der Waals surface area contributed by atoms with Gasteiger partial charge >= 0.3 is 5.13 Å². The Morgan fingerprint density at radius 1 is 1.86 bits per heavy atom. The molecule has 5 heteroatoms. The fourth-order valence-corrected chi connectivity index (χ4v) is 0.651. The van der Waals surface area contributed by atoms with Crippen molar-refractivity contribution in [3.05, 3.63) is 5.51 Å². The number of rotatable bonds is 0. The van der Waals surface area contributed by atoms with E-state index in [-0.39, 0.29) is 0 Å². The Hall–Kier alpha value is -0.840. The van der Waals surface area contributed by atoms with Crippen LogP contribution in [0.4, 0.5) is 5.13 Å². The summed E-state index contributed by atoms with van der Waals surface area (Å²) in [5, 5.41) is 4.12. The van der Waals surface area contributed by atoms with Crippen molar-refractivity contribution in [3.8, 4) is 0 Å². The summed E-state index contributed by atoms with van der Waals surface area (Å²) in [6.07, 6.45) is 0. The maximum absolute atomic E-state index is 5.23. The van der Waals surface area contributed by atoms with Crippen molar-refractivity contribution >= 4 is 16.5 Å². The van der Waals surface area contributed by atoms with Crippen LogP contribution in [-0.4, -0.2) is 5.10 Å². The quantitative estimate of drug-likeness (QED) is 0.329. The van der Waals surface area contributed by atoms with Crippen molar-refractivity contribution in [2.75, 3.05) is 11.6 Å². The lowest BCUT2D eigenvalue weighted by Gasteiger charge is -1.74. The Balaban J connectivity index is 3.12. The Kier molecular flexibility index (Phi) is 0.828. The van der Waals surface area contributed by atoms with E-state index >= 15 is 0 Å². The predicted octanol–water partition coefficient (Wildman–Crippen LogP) is -1.27. The molecule has 0 aromatic carbocycles. The maximum atomic E-state index is 5.23. The van der Waals surface area contributed by atoms with Crippen LogP contribution in [0, 0.1) is 0 Å². The van der Waals surface area contributed by atoms with Gasteiger partial charge in [-0.25, -0.2) is 5.84 Å². The van der Waals surface area contributed by atoms with E-state index in [2.05, 4.69) is 5.10 Å². The summed E-state index contributed by atoms with van der Waals surface area (Å²) in [6, 6.07) is 0. The molecule has 0 aliphatic rings. The van der Waals surface area contributed by atoms with E-state index in [1.54, 1.807) is 5.51 Å². The average Bonchev–Trinajstić information content (AvgIpc) is 1.91. The second-order valence-corrected chi connectivity index (χ2v) is 1.89. The van der Waals surface area contributed by atoms with Crippen molar-refractivity contribution in [2.24, 2.45) is 0 Å². The zero-order valence-electron chi connectivity index (χ0n) is 3.53. The third-order valence-electron chi connectivity index (χ3n) is 0.571. The molecular formula is C2H5N4S+. The lowest BCUT2D eigenvalue weighted by molar-refractivity contribution is -0.681. The summed E-state index contributed by atoms with van der Waals surface area (Å²) in [4.78, 5) is 1.13. The van der Waals surface area contributed by atoms with Gasteiger partial charge in [-0.2, -0.15) is 0 Å². The molecule has 0 fully saturated rings. The molecule has 0 spiro atoms. The molecule has 1 aromatic heterocycles. The normalized spacial score (nSPS) is 9.14. The lowest BCUT2D eigenvalue weighted by atomic mass is 11.3. The van der Waals surface area contributed by atoms with Crippen molar-refractivity contribution in [1.29, 1.82) is 0 Å². The number of nitrogens with zero attached hydrogens (tertiary/aromatic N) is 2. The molecule has 0 atom stereocenters. The topological polar surface area (TPSA) is 68.8 Å². The zero-order chi connectivity index (χ0) is 5.28. The first-order valence-electron chi connectivity index (χ1n) is 1.67. The van der Waals surface area contributed by atoms with E-state index in [1.165, 1.54) is 11.3 Å². The van der Waals surface area contributed by atoms with Crippen LogP contribution in [0.3, 0.4) is 0 Å². The minimum absolute atomic E-state index is 0.514. The summed E-state index contributed by atoms with van der Waals surface area (Å²) in [7, 11) is 0. The van der Waals surface area contributed by atoms with Crippen molar-refractivity contribution in [1.82, 2.24) is 5.10 Å². The van der Waals surface area contributed by atoms with E-state index in [4.69, 9.17) is 11.6 Å². The Labute approximate surface area is 44.3 Å². The van der Waals surface area contributed by atoms with Gasteiger partial charge < -0.3 is 0 Å². The van der Waals surface area contributed by atoms with Gasteiger partial charge in [-0.15, -0.1) is 0 Å². The van der Waals surface area contributed by atoms with Crippen LogP contribution in [0.15, 0.2) is 5.51 Å². The minimum Gasteiger partial charge on any atom is -0.274 e. The summed E-state index contributed by atoms with van der Waals surface area (Å²) in [5.74, 6) is 5.13. The highest BCUT2D eigenvalue weighted by atomic mass is 32.1. The second-order valence-electron chi connectivity index (χ2n) is 1.02. The molecular weight excluding hydrogens is 112 g/mol. The number of hydrogen-bond acceptors (Lipinski definition) is 4. The summed E-state index contributed by atoms with van der Waals surface area (Å²) >= 11 is 1.31. The van der Waals surface area contributed by atoms with Gasteiger partial charge in [0.05, 0.1) is 0 Å². The molecule has 4 nitrogen and oxygen atoms in total. The summed E-state index contributed by atoms with van der Waals surface area (Å²) in [6.45, 7) is 0. The SMILES string of the molecule is Nc1scn[n+]1N. The third kappa shape index (κ3) is 0.614. The van der Waals surface area contributed by atoms with Gasteiger partial charge in [0.1, 0.15) is 5.51 Å². The number of aromatic nitrogens is 2. The second kappa shape index (κ2) is 1.34. The first kappa shape index (κ1) is 4.32. The van der Waals surface area contributed by atoms with Crippen molar-refractivity contribution < 1.29 is 4.79 Å². The highest BCUT2D eigenvalue weighted by Crippen LogP contribution is 1.95. The molecule has 1 aromatic rings. The molecule has 0 unspecified atom stereocenters. The lowest BCUT2D eigenvalue weighted by Crippen LogP contribution is -2.47. The highest BCUT2D eigenvalue weighted by Gasteiger charge is 1.98. The van der Waals surface area contributed by atoms with Gasteiger partial charge in [0.15, 0.2) is 0 Å². The molecule has 0 saturated carbocycles. The number of anilines is 1. The molecule has 7 heavy (non-hydrogen) atoms. The van der Waals surface area contributed by atoms with E-state index in [9.17, 15) is 0 Å². The maximum Gasteiger partial charge on any atom is 0.378 e. The molecule has 0 bridgehead atoms. The van der Waals surface area contributed by atoms with Crippen LogP contribution in [0.25, 0.3) is 0 Å². The predicted molar refractivity (Wildman–Crippen MR) is 26.9 cm³/mol. The van der Waals surface area contributed by atoms with Gasteiger partial charge in [0.2, 0.25) is 0 Å². The van der Waals surface area contributed by atoms with Crippen LogP contribution < -0.4 is 16.4 Å². The van der Waals surface area contributed by atoms with E-state index in [0.29, 0.717) is 5.13 Å². The minimum atomic E-state index is 0.514. The Bertz CT molecular complexity index is 142. The summed E-state index contributed by atoms with van der Waals surface area (Å²) in [5.41, 5.74) is 6.81. The third-order valence-corrected chi connectivity index (χ3v) is 1.20. The van der Waals surface area contributed by atoms with Crippen LogP contribution in [0.2, 0.25) is 0 Å². The first-order valence-corrected chi connectivity index (χ1v) is 2.55. The number of hydrogen-bond donors (Lipinski definition) is 2. The first-order chi connectivity index (χ1) is 3.30. The van der Waals surface area contributed by atoms with E-state index < -0.39 is 0 Å². The summed E-state index contributed by atoms with van der Waals surface area (Å²) < 4.78 is 0. The molecule has 38 valence electrons. The van der Waals surface area contributed by atoms with Crippen LogP contribution >= 0.6 is 11.3 Å². The van der Waals surface area contributed by atoms with Gasteiger partial charge in [-0.1, -0.05) is 5.10 Å². The molecule has 1 heterocycles. The van der Waals surface area contributed by atoms with Crippen LogP contribution in [-0.2, 0) is 0 Å². The van der Waals surface area contributed by atoms with Crippen LogP contribution in [0.1, 0.15) is 0 Å². The molecule has 4 N–H and O–H groups in total. The molecule has 0 aliphatic heterocycles. The van der Waals surface area contributed by atoms with Crippen molar-refractivity contribution in [2.45, 2.75) is 0 Å². The number of nitrogen functional groups attached to an aromatic ring is 2. The monoisotopic (exact) mass is 117 g/mol. The Morgan fingerprint density at radius 3 is 2.71 bits per heavy atom. The van der Waals surface area contributed by atoms with E-state index in [0.717, 1.165) is 4.79 Å². The smallest absolute Gasteiger partial charge is 0.274 e. The largest absolute Gasteiger partial charge is 0.378 e. The van der Waals surface area contributed by atoms with Crippen LogP contribution in [0.5, 0.6) is 0 Å². The average molecular weight is 117 g/mol. The molecule has 0 aliphatic carbocycles. The molecule has 1 rings (SSSR count). The standard InChI is InChI=1S/C2H4N4S/c3-2-6(4)5-1-7-2/h1,3H,4H2/p+1. The van der Waals surface area contributed by atoms with E-state index in [1.807, 2.05) is 0 Å². The van der Waals surface area contributed by atoms with Crippen molar-refractivity contribution in [3.63, 3.8) is 0 Å². The van der Waals surface area contributed by atoms with Gasteiger partial charge in [0.25, 0.3) is 0 Å². The molecule has 0 amide bonds. The zero-order valence-corrected chi connectivity index (χ0v) is 4.35. The van der Waals surface area contributed by atoms with Gasteiger partial charge in [-0.3, -0.25) is 5.73 Å². The fourth-order valence-electron chi connectivity index (χ4n) is 0.239. The van der Waals surface area contributed by atoms with Gasteiger partial charge in [0, 0.05) is 0 Å². The number of nitrogens with two attached hydrogens (primary N) is 2. The van der Waals surface area contributed by atoms with Gasteiger partial charge in [-0.05, 0) is 16.1 Å².